The van der Waals surface area contributed by atoms with Crippen LogP contribution < -0.4 is 31.9 Å². The van der Waals surface area contributed by atoms with Gasteiger partial charge in [0.2, 0.25) is 0 Å². The van der Waals surface area contributed by atoms with Gasteiger partial charge in [0.1, 0.15) is 17.2 Å². The molecule has 11 aromatic carbocycles. The summed E-state index contributed by atoms with van der Waals surface area (Å²) in [7, 11) is 0. The fourth-order valence-corrected chi connectivity index (χ4v) is 8.96. The van der Waals surface area contributed by atoms with E-state index >= 15 is 0 Å². The number of amides is 6. The number of hydrogen-bond donors (Lipinski definition) is 9. The Morgan fingerprint density at radius 3 is 0.988 bits per heavy atom. The van der Waals surface area contributed by atoms with Gasteiger partial charge in [0.05, 0.1) is 38.5 Å². The first-order chi connectivity index (χ1) is 40.4. The Morgan fingerprint density at radius 1 is 0.265 bits per heavy atom. The minimum absolute atomic E-state index is 0.0103. The second kappa shape index (κ2) is 27.9. The number of carbonyl (C=O) groups excluding carboxylic acids is 3. The number of halogens is 2. The van der Waals surface area contributed by atoms with Gasteiger partial charge in [0, 0.05) is 11.3 Å². The lowest BCUT2D eigenvalue weighted by atomic mass is 10.0. The first-order valence-electron chi connectivity index (χ1n) is 26.1. The molecule has 0 atom stereocenters. The molecule has 0 unspecified atom stereocenters. The number of benzene rings is 11. The monoisotopic (exact) mass is 1130 g/mol. The average molecular weight is 1130 g/mol. The SMILES string of the molecule is O=C(Nc1cc(-c2ccccc2)ccc1O)Nc1cccc(Cl)c1Cl.O=C(Nc1cc(-c2ccccc2)ccc1O)Nc1ccccc1-c1ccccc1.O=C(Nc1ccc(-c2ccccc2)cc1)Nc1cc(-c2ccccc2)ccc1O. The van der Waals surface area contributed by atoms with Crippen LogP contribution in [-0.2, 0) is 0 Å². The molecule has 0 saturated carbocycles. The molecule has 0 aliphatic carbocycles. The maximum atomic E-state index is 12.6. The highest BCUT2D eigenvalue weighted by Gasteiger charge is 2.15. The Hall–Kier alpha value is -10.8. The molecule has 0 aliphatic rings. The predicted molar refractivity (Wildman–Crippen MR) is 339 cm³/mol. The quantitative estimate of drug-likeness (QED) is 0.0581. The van der Waals surface area contributed by atoms with Gasteiger partial charge in [-0.3, -0.25) is 0 Å². The van der Waals surface area contributed by atoms with Crippen LogP contribution in [0.3, 0.4) is 0 Å². The Morgan fingerprint density at radius 2 is 0.566 bits per heavy atom. The molecule has 0 bridgehead atoms. The highest BCUT2D eigenvalue weighted by Crippen LogP contribution is 2.35. The van der Waals surface area contributed by atoms with Gasteiger partial charge < -0.3 is 47.2 Å². The number of aromatic hydroxyl groups is 3. The van der Waals surface area contributed by atoms with Crippen molar-refractivity contribution in [2.45, 2.75) is 0 Å². The average Bonchev–Trinajstić information content (AvgIpc) is 3.64. The fraction of sp³-hybridized carbons (Fsp3) is 0. The molecule has 410 valence electrons. The summed E-state index contributed by atoms with van der Waals surface area (Å²) in [6.45, 7) is 0. The third-order valence-corrected chi connectivity index (χ3v) is 13.6. The van der Waals surface area contributed by atoms with E-state index in [4.69, 9.17) is 23.2 Å². The summed E-state index contributed by atoms with van der Waals surface area (Å²) >= 11 is 12.0. The minimum atomic E-state index is -0.537. The van der Waals surface area contributed by atoms with E-state index in [2.05, 4.69) is 31.9 Å². The topological polar surface area (TPSA) is 184 Å². The van der Waals surface area contributed by atoms with E-state index in [9.17, 15) is 29.7 Å². The van der Waals surface area contributed by atoms with Gasteiger partial charge in [0.15, 0.2) is 0 Å². The molecular weight excluding hydrogens is 1080 g/mol. The number of nitrogens with one attached hydrogen (secondary N) is 6. The molecule has 0 saturated heterocycles. The normalized spacial score (nSPS) is 10.3. The summed E-state index contributed by atoms with van der Waals surface area (Å²) in [6.07, 6.45) is 0. The Balaban J connectivity index is 0.000000150. The van der Waals surface area contributed by atoms with Gasteiger partial charge >= 0.3 is 18.1 Å². The molecule has 0 radical (unpaired) electrons. The number of rotatable bonds is 11. The molecule has 83 heavy (non-hydrogen) atoms. The van der Waals surface area contributed by atoms with Crippen LogP contribution in [0.5, 0.6) is 17.2 Å². The zero-order valence-corrected chi connectivity index (χ0v) is 45.8. The zero-order chi connectivity index (χ0) is 57.9. The lowest BCUT2D eigenvalue weighted by Crippen LogP contribution is -2.20. The fourth-order valence-electron chi connectivity index (χ4n) is 8.61. The largest absolute Gasteiger partial charge is 0.506 e. The molecule has 9 N–H and O–H groups in total. The number of phenols is 3. The summed E-state index contributed by atoms with van der Waals surface area (Å²) in [4.78, 5) is 37.2. The second-order valence-electron chi connectivity index (χ2n) is 18.5. The van der Waals surface area contributed by atoms with Crippen molar-refractivity contribution in [1.29, 1.82) is 0 Å². The first kappa shape index (κ1) is 56.9. The molecule has 6 amide bonds. The van der Waals surface area contributed by atoms with Crippen molar-refractivity contribution in [2.75, 3.05) is 31.9 Å². The third-order valence-electron chi connectivity index (χ3n) is 12.8. The number of phenolic OH excluding ortho intramolecular Hbond substituents is 3. The lowest BCUT2D eigenvalue weighted by molar-refractivity contribution is 0.261. The molecule has 0 heterocycles. The van der Waals surface area contributed by atoms with E-state index in [1.54, 1.807) is 54.6 Å². The zero-order valence-electron chi connectivity index (χ0n) is 44.3. The number of carbonyl (C=O) groups is 3. The summed E-state index contributed by atoms with van der Waals surface area (Å²) < 4.78 is 0. The van der Waals surface area contributed by atoms with Crippen molar-refractivity contribution >= 4 is 75.4 Å². The molecule has 11 rings (SSSR count). The smallest absolute Gasteiger partial charge is 0.323 e. The van der Waals surface area contributed by atoms with Gasteiger partial charge in [0.25, 0.3) is 0 Å². The Kier molecular flexibility index (Phi) is 19.1. The van der Waals surface area contributed by atoms with Gasteiger partial charge in [-0.1, -0.05) is 229 Å². The van der Waals surface area contributed by atoms with Crippen molar-refractivity contribution in [1.82, 2.24) is 0 Å². The lowest BCUT2D eigenvalue weighted by Gasteiger charge is -2.13. The Bertz CT molecular complexity index is 3970. The first-order valence-corrected chi connectivity index (χ1v) is 26.8. The summed E-state index contributed by atoms with van der Waals surface area (Å²) in [5.74, 6) is -0.0116. The molecule has 11 aromatic rings. The molecule has 12 nitrogen and oxygen atoms in total. The number of anilines is 6. The van der Waals surface area contributed by atoms with Crippen LogP contribution in [0, 0.1) is 0 Å². The molecule has 0 aromatic heterocycles. The van der Waals surface area contributed by atoms with Crippen LogP contribution in [0.15, 0.2) is 273 Å². The predicted octanol–water partition coefficient (Wildman–Crippen LogP) is 18.8. The maximum Gasteiger partial charge on any atom is 0.323 e. The van der Waals surface area contributed by atoms with E-state index in [1.807, 2.05) is 212 Å². The summed E-state index contributed by atoms with van der Waals surface area (Å²) in [5, 5.41) is 47.3. The molecule has 0 fully saturated rings. The highest BCUT2D eigenvalue weighted by atomic mass is 35.5. The van der Waals surface area contributed by atoms with Crippen LogP contribution >= 0.6 is 23.2 Å². The second-order valence-corrected chi connectivity index (χ2v) is 19.3. The van der Waals surface area contributed by atoms with Crippen molar-refractivity contribution in [3.05, 3.63) is 283 Å². The molecule has 0 aliphatic heterocycles. The van der Waals surface area contributed by atoms with Crippen LogP contribution in [0.1, 0.15) is 0 Å². The van der Waals surface area contributed by atoms with Crippen LogP contribution in [0.4, 0.5) is 48.5 Å². The Labute approximate surface area is 490 Å². The van der Waals surface area contributed by atoms with E-state index in [0.29, 0.717) is 33.5 Å². The van der Waals surface area contributed by atoms with E-state index in [1.165, 1.54) is 6.07 Å². The number of urea groups is 3. The van der Waals surface area contributed by atoms with Crippen molar-refractivity contribution < 1.29 is 29.7 Å². The van der Waals surface area contributed by atoms with Crippen LogP contribution in [0.2, 0.25) is 10.0 Å². The maximum absolute atomic E-state index is 12.6. The minimum Gasteiger partial charge on any atom is -0.506 e. The molecule has 14 heteroatoms. The van der Waals surface area contributed by atoms with E-state index < -0.39 is 18.1 Å². The van der Waals surface area contributed by atoms with E-state index in [0.717, 1.165) is 55.6 Å². The molecule has 0 spiro atoms. The highest BCUT2D eigenvalue weighted by molar-refractivity contribution is 6.44. The van der Waals surface area contributed by atoms with Crippen molar-refractivity contribution in [2.24, 2.45) is 0 Å². The number of hydrogen-bond acceptors (Lipinski definition) is 6. The van der Waals surface area contributed by atoms with Gasteiger partial charge in [-0.2, -0.15) is 0 Å². The van der Waals surface area contributed by atoms with Crippen LogP contribution in [-0.4, -0.2) is 33.4 Å². The standard InChI is InChI=1S/2C25H20N2O2.C19H14Cl2N2O2/c28-24-16-15-20(18-9-3-1-4-10-18)17-23(24)27-25(29)26-22-14-8-7-13-21(22)19-11-5-2-6-12-19;28-24-16-13-21(19-9-5-2-6-10-19)17-23(24)27-25(29)26-22-14-11-20(12-15-22)18-7-3-1-4-8-18;20-14-7-4-8-15(18(14)21)22-19(25)23-16-11-13(9-10-17(16)24)12-5-2-1-3-6-12/h2*1-17,28H,(H2,26,27,29);1-11,24H,(H2,22,23,25). The van der Waals surface area contributed by atoms with E-state index in [-0.39, 0.29) is 28.0 Å². The van der Waals surface area contributed by atoms with Gasteiger partial charge in [-0.25, -0.2) is 14.4 Å². The van der Waals surface area contributed by atoms with Crippen molar-refractivity contribution in [3.63, 3.8) is 0 Å². The van der Waals surface area contributed by atoms with Gasteiger partial charge in [-0.05, 0) is 117 Å². The number of para-hydroxylation sites is 1. The van der Waals surface area contributed by atoms with Crippen LogP contribution in [0.25, 0.3) is 55.6 Å². The van der Waals surface area contributed by atoms with Gasteiger partial charge in [-0.15, -0.1) is 0 Å². The summed E-state index contributed by atoms with van der Waals surface area (Å²) in [6, 6.07) is 83.2. The summed E-state index contributed by atoms with van der Waals surface area (Å²) in [5.41, 5.74) is 12.5. The van der Waals surface area contributed by atoms with Crippen molar-refractivity contribution in [3.8, 4) is 72.9 Å². The molecular formula is C69H54Cl2N6O6. The third kappa shape index (κ3) is 15.7.